The normalized spacial score (nSPS) is 10.2. The smallest absolute Gasteiger partial charge is 1.00 e. The first-order valence-corrected chi connectivity index (χ1v) is 1.53. The van der Waals surface area contributed by atoms with Gasteiger partial charge in [-0.1, -0.05) is 0 Å². The van der Waals surface area contributed by atoms with Gasteiger partial charge in [0.25, 0.3) is 0 Å². The summed E-state index contributed by atoms with van der Waals surface area (Å²) in [6.45, 7) is 1.13. The van der Waals surface area contributed by atoms with E-state index in [2.05, 4.69) is 0 Å². The summed E-state index contributed by atoms with van der Waals surface area (Å²) in [5.74, 6) is -1.44. The average Bonchev–Trinajstić information content (AvgIpc) is 1.36. The number of carbonyl (C=O) groups is 1. The van der Waals surface area contributed by atoms with Crippen LogP contribution in [-0.4, -0.2) is 40.2 Å². The van der Waals surface area contributed by atoms with Crippen LogP contribution in [0.2, 0.25) is 0 Å². The van der Waals surface area contributed by atoms with Crippen molar-refractivity contribution >= 4 is 29.0 Å². The molecule has 0 aliphatic heterocycles. The molecule has 0 saturated heterocycles. The minimum Gasteiger partial charge on any atom is -1.00 e. The maximum Gasteiger partial charge on any atom is 2.00 e. The van der Waals surface area contributed by atoms with Gasteiger partial charge in [0, 0.05) is 0 Å². The zero-order valence-electron chi connectivity index (χ0n) is 4.43. The minimum absolute atomic E-state index is 0. The zero-order valence-corrected chi connectivity index (χ0v) is 6.60. The first-order chi connectivity index (χ1) is 2.64. The van der Waals surface area contributed by atoms with Crippen molar-refractivity contribution in [2.45, 2.75) is 13.0 Å². The molecular formula is C3H5ClMgO3. The van der Waals surface area contributed by atoms with Crippen molar-refractivity contribution in [2.75, 3.05) is 0 Å². The molecule has 0 fully saturated rings. The van der Waals surface area contributed by atoms with Crippen molar-refractivity contribution in [3.63, 3.8) is 0 Å². The van der Waals surface area contributed by atoms with Gasteiger partial charge >= 0.3 is 23.1 Å². The molecule has 44 valence electrons. The molecule has 0 aliphatic carbocycles. The first kappa shape index (κ1) is 15.8. The number of hydrogen-bond donors (Lipinski definition) is 1. The van der Waals surface area contributed by atoms with E-state index in [0.717, 1.165) is 6.92 Å². The molecule has 0 aromatic carbocycles. The molecule has 1 N–H and O–H groups in total. The molecule has 0 spiro atoms. The Bertz CT molecular complexity index is 65.5. The Hall–Kier alpha value is 0.486. The number of hydrogen-bond acceptors (Lipinski definition) is 3. The number of halogens is 1. The third-order valence-electron chi connectivity index (χ3n) is 0.341. The van der Waals surface area contributed by atoms with Crippen molar-refractivity contribution in [1.29, 1.82) is 0 Å². The van der Waals surface area contributed by atoms with Crippen LogP contribution in [-0.2, 0) is 4.79 Å². The molecule has 0 radical (unpaired) electrons. The van der Waals surface area contributed by atoms with E-state index in [-0.39, 0.29) is 35.5 Å². The average molecular weight is 149 g/mol. The molecule has 1 unspecified atom stereocenters. The van der Waals surface area contributed by atoms with Gasteiger partial charge in [-0.05, 0) is 6.92 Å². The van der Waals surface area contributed by atoms with E-state index in [0.29, 0.717) is 0 Å². The van der Waals surface area contributed by atoms with E-state index in [4.69, 9.17) is 5.11 Å². The van der Waals surface area contributed by atoms with E-state index in [1.807, 2.05) is 0 Å². The molecule has 0 aromatic rings. The summed E-state index contributed by atoms with van der Waals surface area (Å²) in [5, 5.41) is 17.3. The van der Waals surface area contributed by atoms with Crippen LogP contribution < -0.4 is 17.5 Å². The van der Waals surface area contributed by atoms with Crippen LogP contribution >= 0.6 is 0 Å². The molecule has 5 heteroatoms. The van der Waals surface area contributed by atoms with E-state index in [9.17, 15) is 9.90 Å². The second kappa shape index (κ2) is 7.49. The van der Waals surface area contributed by atoms with Gasteiger partial charge in [0.2, 0.25) is 0 Å². The molecule has 0 heterocycles. The second-order valence-electron chi connectivity index (χ2n) is 0.995. The van der Waals surface area contributed by atoms with Crippen LogP contribution in [0.5, 0.6) is 0 Å². The van der Waals surface area contributed by atoms with Crippen molar-refractivity contribution in [3.05, 3.63) is 0 Å². The topological polar surface area (TPSA) is 60.4 Å². The molecule has 8 heavy (non-hydrogen) atoms. The maximum absolute atomic E-state index is 9.34. The molecule has 0 saturated carbocycles. The fourth-order valence-electron chi connectivity index (χ4n) is 0. The fraction of sp³-hybridized carbons (Fsp3) is 0.667. The van der Waals surface area contributed by atoms with Gasteiger partial charge < -0.3 is 27.4 Å². The van der Waals surface area contributed by atoms with Crippen LogP contribution in [0.1, 0.15) is 6.92 Å². The van der Waals surface area contributed by atoms with Gasteiger partial charge in [-0.25, -0.2) is 0 Å². The summed E-state index contributed by atoms with van der Waals surface area (Å²) in [6.07, 6.45) is -1.34. The standard InChI is InChI=1S/C3H6O3.ClH.Mg/c1-2(4)3(5)6;;/h2,4H,1H3,(H,5,6);1H;/q;;+2/p-2. The summed E-state index contributed by atoms with van der Waals surface area (Å²) in [6, 6.07) is 0. The summed E-state index contributed by atoms with van der Waals surface area (Å²) in [5.41, 5.74) is 0. The van der Waals surface area contributed by atoms with Crippen LogP contribution in [0.4, 0.5) is 0 Å². The minimum atomic E-state index is -1.44. The number of carboxylic acids is 1. The predicted molar refractivity (Wildman–Crippen MR) is 22.4 cm³/mol. The molecule has 0 rings (SSSR count). The zero-order chi connectivity index (χ0) is 5.15. The largest absolute Gasteiger partial charge is 2.00 e. The molecule has 3 nitrogen and oxygen atoms in total. The molecule has 1 atom stereocenters. The number of rotatable bonds is 1. The summed E-state index contributed by atoms with van der Waals surface area (Å²) >= 11 is 0. The molecule has 0 aromatic heterocycles. The van der Waals surface area contributed by atoms with Crippen LogP contribution in [0, 0.1) is 0 Å². The SMILES string of the molecule is CC(O)C(=O)[O-].[Cl-].[Mg+2]. The third kappa shape index (κ3) is 9.70. The molecule has 0 amide bonds. The molecular weight excluding hydrogens is 144 g/mol. The Balaban J connectivity index is -0.000000125. The van der Waals surface area contributed by atoms with Crippen LogP contribution in [0.15, 0.2) is 0 Å². The van der Waals surface area contributed by atoms with E-state index in [1.54, 1.807) is 0 Å². The van der Waals surface area contributed by atoms with Gasteiger partial charge in [-0.3, -0.25) is 0 Å². The van der Waals surface area contributed by atoms with Gasteiger partial charge in [-0.2, -0.15) is 0 Å². The van der Waals surface area contributed by atoms with Crippen molar-refractivity contribution in [2.24, 2.45) is 0 Å². The summed E-state index contributed by atoms with van der Waals surface area (Å²) in [7, 11) is 0. The number of carboxylic acid groups (broad SMARTS) is 1. The van der Waals surface area contributed by atoms with Crippen molar-refractivity contribution in [1.82, 2.24) is 0 Å². The Kier molecular flexibility index (Phi) is 14.8. The first-order valence-electron chi connectivity index (χ1n) is 1.53. The fourth-order valence-corrected chi connectivity index (χ4v) is 0. The summed E-state index contributed by atoms with van der Waals surface area (Å²) in [4.78, 5) is 9.34. The van der Waals surface area contributed by atoms with Gasteiger partial charge in [0.15, 0.2) is 0 Å². The van der Waals surface area contributed by atoms with Gasteiger partial charge in [-0.15, -0.1) is 0 Å². The predicted octanol–water partition coefficient (Wildman–Crippen LogP) is -5.26. The van der Waals surface area contributed by atoms with Crippen molar-refractivity contribution < 1.29 is 27.4 Å². The molecule has 0 aliphatic rings. The van der Waals surface area contributed by atoms with Crippen LogP contribution in [0.3, 0.4) is 0 Å². The number of aliphatic carboxylic acids is 1. The number of aliphatic hydroxyl groups is 1. The Morgan fingerprint density at radius 2 is 1.88 bits per heavy atom. The Morgan fingerprint density at radius 1 is 1.75 bits per heavy atom. The molecule has 0 bridgehead atoms. The third-order valence-corrected chi connectivity index (χ3v) is 0.341. The Labute approximate surface area is 69.6 Å². The van der Waals surface area contributed by atoms with Gasteiger partial charge in [0.05, 0.1) is 12.1 Å². The number of carbonyl (C=O) groups excluding carboxylic acids is 1. The number of aliphatic hydroxyl groups excluding tert-OH is 1. The quantitative estimate of drug-likeness (QED) is 0.379. The monoisotopic (exact) mass is 148 g/mol. The Morgan fingerprint density at radius 3 is 1.88 bits per heavy atom. The maximum atomic E-state index is 9.34. The van der Waals surface area contributed by atoms with E-state index in [1.165, 1.54) is 0 Å². The van der Waals surface area contributed by atoms with Gasteiger partial charge in [0.1, 0.15) is 0 Å². The van der Waals surface area contributed by atoms with E-state index >= 15 is 0 Å². The van der Waals surface area contributed by atoms with Crippen molar-refractivity contribution in [3.8, 4) is 0 Å². The second-order valence-corrected chi connectivity index (χ2v) is 0.995. The van der Waals surface area contributed by atoms with E-state index < -0.39 is 12.1 Å². The van der Waals surface area contributed by atoms with Crippen LogP contribution in [0.25, 0.3) is 0 Å². The summed E-state index contributed by atoms with van der Waals surface area (Å²) < 4.78 is 0.